The molecule has 0 unspecified atom stereocenters. The average molecular weight is 289 g/mol. The van der Waals surface area contributed by atoms with Crippen molar-refractivity contribution >= 4 is 33.6 Å². The maximum absolute atomic E-state index is 11.7. The first kappa shape index (κ1) is 8.74. The number of hydrogen-bond acceptors (Lipinski definition) is 2. The van der Waals surface area contributed by atoms with Gasteiger partial charge in [0.25, 0.3) is 0 Å². The normalized spacial score (nSPS) is 11.0. The summed E-state index contributed by atoms with van der Waals surface area (Å²) in [5.41, 5.74) is 1.73. The fraction of sp³-hybridized carbons (Fsp3) is 0.250. The van der Waals surface area contributed by atoms with Crippen molar-refractivity contribution in [2.24, 2.45) is 7.05 Å². The number of nitrogens with one attached hydrogen (secondary N) is 1. The summed E-state index contributed by atoms with van der Waals surface area (Å²) in [6.07, 6.45) is 1.59. The van der Waals surface area contributed by atoms with Gasteiger partial charge in [0, 0.05) is 12.7 Å². The highest BCUT2D eigenvalue weighted by molar-refractivity contribution is 14.1. The molecule has 0 aliphatic heterocycles. The van der Waals surface area contributed by atoms with Gasteiger partial charge in [0.15, 0.2) is 0 Å². The average Bonchev–Trinajstić information content (AvgIpc) is 2.45. The minimum Gasteiger partial charge on any atom is -0.343 e. The Morgan fingerprint density at radius 2 is 2.31 bits per heavy atom. The largest absolute Gasteiger partial charge is 0.343 e. The Bertz CT molecular complexity index is 526. The second-order valence-electron chi connectivity index (χ2n) is 2.92. The molecule has 0 radical (unpaired) electrons. The van der Waals surface area contributed by atoms with Gasteiger partial charge in [-0.3, -0.25) is 9.48 Å². The van der Waals surface area contributed by atoms with Crippen molar-refractivity contribution < 1.29 is 0 Å². The molecule has 5 heteroatoms. The fourth-order valence-electron chi connectivity index (χ4n) is 1.27. The number of aromatic nitrogens is 3. The predicted octanol–water partition coefficient (Wildman–Crippen LogP) is 1.17. The molecule has 0 amide bonds. The third-order valence-corrected chi connectivity index (χ3v) is 3.32. The van der Waals surface area contributed by atoms with Gasteiger partial charge in [0.1, 0.15) is 5.65 Å². The van der Waals surface area contributed by atoms with Crippen LogP contribution in [0.3, 0.4) is 0 Å². The molecule has 2 aromatic heterocycles. The molecule has 0 aromatic carbocycles. The van der Waals surface area contributed by atoms with Gasteiger partial charge in [-0.15, -0.1) is 0 Å². The van der Waals surface area contributed by atoms with Crippen LogP contribution in [0.2, 0.25) is 0 Å². The number of fused-ring (bicyclic) bond motifs is 1. The Labute approximate surface area is 88.1 Å². The second-order valence-corrected chi connectivity index (χ2v) is 4.00. The summed E-state index contributed by atoms with van der Waals surface area (Å²) in [5, 5.41) is 4.67. The first-order chi connectivity index (χ1) is 6.11. The number of pyridine rings is 1. The highest BCUT2D eigenvalue weighted by Crippen LogP contribution is 2.10. The van der Waals surface area contributed by atoms with Crippen molar-refractivity contribution in [1.29, 1.82) is 0 Å². The van der Waals surface area contributed by atoms with Gasteiger partial charge in [-0.1, -0.05) is 0 Å². The summed E-state index contributed by atoms with van der Waals surface area (Å²) >= 11 is 2.05. The molecule has 13 heavy (non-hydrogen) atoms. The number of halogens is 1. The summed E-state index contributed by atoms with van der Waals surface area (Å²) in [7, 11) is 1.81. The van der Waals surface area contributed by atoms with Crippen LogP contribution in [0, 0.1) is 10.5 Å². The molecule has 0 aliphatic carbocycles. The Balaban J connectivity index is 3.05. The van der Waals surface area contributed by atoms with Crippen molar-refractivity contribution in [2.45, 2.75) is 6.92 Å². The van der Waals surface area contributed by atoms with Gasteiger partial charge in [0.05, 0.1) is 15.2 Å². The zero-order valence-electron chi connectivity index (χ0n) is 7.26. The molecule has 2 heterocycles. The van der Waals surface area contributed by atoms with Gasteiger partial charge in [-0.25, -0.2) is 0 Å². The molecule has 2 aromatic rings. The molecule has 0 bridgehead atoms. The van der Waals surface area contributed by atoms with Gasteiger partial charge in [-0.05, 0) is 29.5 Å². The van der Waals surface area contributed by atoms with Crippen molar-refractivity contribution in [3.63, 3.8) is 0 Å². The number of rotatable bonds is 0. The van der Waals surface area contributed by atoms with Gasteiger partial charge < -0.3 is 4.98 Å². The topological polar surface area (TPSA) is 50.7 Å². The SMILES string of the molecule is Cc1[nH]c2c(cnn2C)c(=O)c1I. The zero-order chi connectivity index (χ0) is 9.59. The molecule has 0 aliphatic rings. The molecule has 1 N–H and O–H groups in total. The Morgan fingerprint density at radius 3 is 3.00 bits per heavy atom. The third kappa shape index (κ3) is 1.18. The van der Waals surface area contributed by atoms with Gasteiger partial charge >= 0.3 is 0 Å². The number of aromatic amines is 1. The second kappa shape index (κ2) is 2.83. The van der Waals surface area contributed by atoms with Crippen molar-refractivity contribution in [3.05, 3.63) is 25.7 Å². The molecule has 68 valence electrons. The molecule has 0 fully saturated rings. The van der Waals surface area contributed by atoms with E-state index in [1.54, 1.807) is 10.9 Å². The molecule has 0 saturated carbocycles. The van der Waals surface area contributed by atoms with E-state index in [9.17, 15) is 4.79 Å². The van der Waals surface area contributed by atoms with E-state index in [0.717, 1.165) is 14.9 Å². The molecule has 0 spiro atoms. The van der Waals surface area contributed by atoms with E-state index in [4.69, 9.17) is 0 Å². The maximum Gasteiger partial charge on any atom is 0.206 e. The van der Waals surface area contributed by atoms with Crippen LogP contribution < -0.4 is 5.43 Å². The van der Waals surface area contributed by atoms with Crippen LogP contribution in [0.15, 0.2) is 11.0 Å². The summed E-state index contributed by atoms with van der Waals surface area (Å²) in [5.74, 6) is 0. The summed E-state index contributed by atoms with van der Waals surface area (Å²) in [6.45, 7) is 1.88. The van der Waals surface area contributed by atoms with E-state index in [2.05, 4.69) is 10.1 Å². The molecule has 4 nitrogen and oxygen atoms in total. The highest BCUT2D eigenvalue weighted by Gasteiger charge is 2.08. The standard InChI is InChI=1S/C8H8IN3O/c1-4-6(9)7(13)5-3-10-12(2)8(5)11-4/h3H,1-2H3,(H,11,13). The Morgan fingerprint density at radius 1 is 1.62 bits per heavy atom. The van der Waals surface area contributed by atoms with Crippen LogP contribution in [0.5, 0.6) is 0 Å². The van der Waals surface area contributed by atoms with E-state index in [-0.39, 0.29) is 5.43 Å². The summed E-state index contributed by atoms with van der Waals surface area (Å²) in [4.78, 5) is 14.8. The smallest absolute Gasteiger partial charge is 0.206 e. The van der Waals surface area contributed by atoms with Crippen LogP contribution in [0.1, 0.15) is 5.69 Å². The lowest BCUT2D eigenvalue weighted by atomic mass is 10.3. The third-order valence-electron chi connectivity index (χ3n) is 2.02. The molecule has 0 atom stereocenters. The van der Waals surface area contributed by atoms with Crippen LogP contribution in [0.25, 0.3) is 11.0 Å². The van der Waals surface area contributed by atoms with Crippen LogP contribution >= 0.6 is 22.6 Å². The van der Waals surface area contributed by atoms with E-state index in [0.29, 0.717) is 5.39 Å². The zero-order valence-corrected chi connectivity index (χ0v) is 9.42. The van der Waals surface area contributed by atoms with Crippen LogP contribution in [-0.4, -0.2) is 14.8 Å². The predicted molar refractivity (Wildman–Crippen MR) is 58.8 cm³/mol. The molecule has 0 saturated heterocycles. The fourth-order valence-corrected chi connectivity index (χ4v) is 1.70. The van der Waals surface area contributed by atoms with Crippen molar-refractivity contribution in [2.75, 3.05) is 0 Å². The van der Waals surface area contributed by atoms with Crippen molar-refractivity contribution in [1.82, 2.24) is 14.8 Å². The van der Waals surface area contributed by atoms with E-state index in [1.807, 2.05) is 36.6 Å². The molecular weight excluding hydrogens is 281 g/mol. The van der Waals surface area contributed by atoms with Gasteiger partial charge in [0.2, 0.25) is 5.43 Å². The van der Waals surface area contributed by atoms with E-state index < -0.39 is 0 Å². The Hall–Kier alpha value is -0.850. The van der Waals surface area contributed by atoms with E-state index in [1.165, 1.54) is 0 Å². The maximum atomic E-state index is 11.7. The molecular formula is C8H8IN3O. The highest BCUT2D eigenvalue weighted by atomic mass is 127. The number of nitrogens with zero attached hydrogens (tertiary/aromatic N) is 2. The van der Waals surface area contributed by atoms with Crippen LogP contribution in [-0.2, 0) is 7.05 Å². The molecule has 2 rings (SSSR count). The summed E-state index contributed by atoms with van der Waals surface area (Å²) < 4.78 is 2.40. The lowest BCUT2D eigenvalue weighted by Gasteiger charge is -1.99. The van der Waals surface area contributed by atoms with Crippen molar-refractivity contribution in [3.8, 4) is 0 Å². The Kier molecular flexibility index (Phi) is 1.90. The minimum atomic E-state index is 0.0555. The first-order valence-electron chi connectivity index (χ1n) is 3.81. The van der Waals surface area contributed by atoms with Crippen LogP contribution in [0.4, 0.5) is 0 Å². The lowest BCUT2D eigenvalue weighted by molar-refractivity contribution is 0.784. The van der Waals surface area contributed by atoms with Gasteiger partial charge in [-0.2, -0.15) is 5.10 Å². The number of aryl methyl sites for hydroxylation is 2. The quantitative estimate of drug-likeness (QED) is 0.740. The summed E-state index contributed by atoms with van der Waals surface area (Å²) in [6, 6.07) is 0. The lowest BCUT2D eigenvalue weighted by Crippen LogP contribution is -2.09. The number of hydrogen-bond donors (Lipinski definition) is 1. The number of H-pyrrole nitrogens is 1. The van der Waals surface area contributed by atoms with E-state index >= 15 is 0 Å². The minimum absolute atomic E-state index is 0.0555. The first-order valence-corrected chi connectivity index (χ1v) is 4.89. The monoisotopic (exact) mass is 289 g/mol.